The van der Waals surface area contributed by atoms with Gasteiger partial charge in [0.25, 0.3) is 0 Å². The van der Waals surface area contributed by atoms with E-state index < -0.39 is 0 Å². The zero-order valence-electron chi connectivity index (χ0n) is 11.0. The van der Waals surface area contributed by atoms with Crippen LogP contribution in [0.5, 0.6) is 0 Å². The van der Waals surface area contributed by atoms with Crippen LogP contribution in [0.15, 0.2) is 34.9 Å². The first kappa shape index (κ1) is 13.1. The molecule has 0 saturated carbocycles. The highest BCUT2D eigenvalue weighted by atomic mass is 16.4. The molecule has 1 amide bonds. The first-order valence-corrected chi connectivity index (χ1v) is 6.10. The average Bonchev–Trinajstić information content (AvgIpc) is 2.79. The van der Waals surface area contributed by atoms with Gasteiger partial charge < -0.3 is 15.5 Å². The Morgan fingerprint density at radius 2 is 2.11 bits per heavy atom. The van der Waals surface area contributed by atoms with E-state index in [0.29, 0.717) is 18.0 Å². The van der Waals surface area contributed by atoms with Crippen molar-refractivity contribution < 1.29 is 9.21 Å². The Balaban J connectivity index is 1.92. The van der Waals surface area contributed by atoms with E-state index >= 15 is 0 Å². The number of carbonyl (C=O) groups excluding carboxylic acids is 1. The highest BCUT2D eigenvalue weighted by Crippen LogP contribution is 2.12. The molecule has 0 aliphatic heterocycles. The summed E-state index contributed by atoms with van der Waals surface area (Å²) < 4.78 is 5.37. The minimum atomic E-state index is -0.241. The number of nitrogen functional groups attached to an aromatic ring is 1. The quantitative estimate of drug-likeness (QED) is 0.823. The number of nitrogens with two attached hydrogens (primary N) is 1. The maximum absolute atomic E-state index is 11.9. The van der Waals surface area contributed by atoms with Crippen molar-refractivity contribution in [3.8, 4) is 0 Å². The third-order valence-corrected chi connectivity index (χ3v) is 2.73. The second kappa shape index (κ2) is 5.56. The van der Waals surface area contributed by atoms with Crippen molar-refractivity contribution in [2.24, 2.45) is 0 Å². The molecule has 1 aromatic heterocycles. The second-order valence-corrected chi connectivity index (χ2v) is 4.52. The highest BCUT2D eigenvalue weighted by molar-refractivity contribution is 5.79. The Morgan fingerprint density at radius 1 is 1.42 bits per heavy atom. The summed E-state index contributed by atoms with van der Waals surface area (Å²) in [4.78, 5) is 16.0. The summed E-state index contributed by atoms with van der Waals surface area (Å²) in [6.45, 7) is 3.66. The molecule has 1 aromatic carbocycles. The molecule has 0 aliphatic carbocycles. The average molecular weight is 259 g/mol. The van der Waals surface area contributed by atoms with Gasteiger partial charge in [-0.2, -0.15) is 0 Å². The molecule has 2 rings (SSSR count). The molecule has 0 bridgehead atoms. The molecule has 0 saturated heterocycles. The van der Waals surface area contributed by atoms with Gasteiger partial charge in [-0.15, -0.1) is 0 Å². The minimum absolute atomic E-state index is 0.0758. The topological polar surface area (TPSA) is 81.2 Å². The molecule has 1 unspecified atom stereocenters. The van der Waals surface area contributed by atoms with Gasteiger partial charge in [0.2, 0.25) is 11.8 Å². The Labute approximate surface area is 111 Å². The van der Waals surface area contributed by atoms with E-state index in [4.69, 9.17) is 10.2 Å². The number of carbonyl (C=O) groups is 1. The number of rotatable bonds is 4. The number of nitrogens with zero attached hydrogens (tertiary/aromatic N) is 1. The van der Waals surface area contributed by atoms with Crippen LogP contribution < -0.4 is 11.1 Å². The predicted octanol–water partition coefficient (Wildman–Crippen LogP) is 1.99. The van der Waals surface area contributed by atoms with Crippen molar-refractivity contribution in [3.63, 3.8) is 0 Å². The van der Waals surface area contributed by atoms with E-state index in [2.05, 4.69) is 10.3 Å². The second-order valence-electron chi connectivity index (χ2n) is 4.52. The van der Waals surface area contributed by atoms with Gasteiger partial charge in [0.1, 0.15) is 11.8 Å². The van der Waals surface area contributed by atoms with Crippen molar-refractivity contribution in [2.75, 3.05) is 5.73 Å². The maximum atomic E-state index is 11.9. The van der Waals surface area contributed by atoms with E-state index in [1.165, 1.54) is 0 Å². The molecule has 1 atom stereocenters. The number of aromatic nitrogens is 1. The zero-order chi connectivity index (χ0) is 13.8. The third kappa shape index (κ3) is 3.58. The molecule has 5 heteroatoms. The molecule has 19 heavy (non-hydrogen) atoms. The number of aryl methyl sites for hydroxylation is 1. The van der Waals surface area contributed by atoms with Gasteiger partial charge in [0.05, 0.1) is 12.6 Å². The van der Waals surface area contributed by atoms with E-state index in [1.54, 1.807) is 18.3 Å². The molecule has 2 aromatic rings. The summed E-state index contributed by atoms with van der Waals surface area (Å²) in [5.74, 6) is 1.17. The number of nitrogens with one attached hydrogen (secondary N) is 1. The summed E-state index contributed by atoms with van der Waals surface area (Å²) in [5.41, 5.74) is 7.20. The monoisotopic (exact) mass is 259 g/mol. The molecule has 0 radical (unpaired) electrons. The summed E-state index contributed by atoms with van der Waals surface area (Å²) in [6, 6.07) is 7.01. The van der Waals surface area contributed by atoms with Crippen LogP contribution in [-0.2, 0) is 11.2 Å². The lowest BCUT2D eigenvalue weighted by atomic mass is 10.1. The van der Waals surface area contributed by atoms with Crippen LogP contribution in [0.3, 0.4) is 0 Å². The third-order valence-electron chi connectivity index (χ3n) is 2.73. The number of oxazole rings is 1. The van der Waals surface area contributed by atoms with Crippen molar-refractivity contribution in [2.45, 2.75) is 26.3 Å². The molecule has 0 spiro atoms. The number of hydrogen-bond donors (Lipinski definition) is 2. The molecule has 5 nitrogen and oxygen atoms in total. The SMILES string of the molecule is Cc1cnc(C(C)NC(=O)Cc2ccc(N)cc2)o1. The smallest absolute Gasteiger partial charge is 0.225 e. The number of anilines is 1. The highest BCUT2D eigenvalue weighted by Gasteiger charge is 2.14. The molecule has 3 N–H and O–H groups in total. The van der Waals surface area contributed by atoms with Gasteiger partial charge in [0, 0.05) is 5.69 Å². The fourth-order valence-electron chi connectivity index (χ4n) is 1.75. The van der Waals surface area contributed by atoms with Crippen LogP contribution >= 0.6 is 0 Å². The van der Waals surface area contributed by atoms with Gasteiger partial charge in [-0.05, 0) is 31.5 Å². The summed E-state index contributed by atoms with van der Waals surface area (Å²) in [7, 11) is 0. The molecule has 100 valence electrons. The normalized spacial score (nSPS) is 12.1. The predicted molar refractivity (Wildman–Crippen MR) is 72.4 cm³/mol. The molecular weight excluding hydrogens is 242 g/mol. The fourth-order valence-corrected chi connectivity index (χ4v) is 1.75. The van der Waals surface area contributed by atoms with E-state index in [0.717, 1.165) is 11.3 Å². The Bertz CT molecular complexity index is 560. The van der Waals surface area contributed by atoms with Crippen LogP contribution in [0, 0.1) is 6.92 Å². The van der Waals surface area contributed by atoms with Crippen LogP contribution in [0.25, 0.3) is 0 Å². The van der Waals surface area contributed by atoms with Gasteiger partial charge >= 0.3 is 0 Å². The summed E-state index contributed by atoms with van der Waals surface area (Å²) >= 11 is 0. The number of amides is 1. The first-order chi connectivity index (χ1) is 9.04. The summed E-state index contributed by atoms with van der Waals surface area (Å²) in [6.07, 6.45) is 1.95. The van der Waals surface area contributed by atoms with E-state index in [1.807, 2.05) is 26.0 Å². The fraction of sp³-hybridized carbons (Fsp3) is 0.286. The minimum Gasteiger partial charge on any atom is -0.444 e. The van der Waals surface area contributed by atoms with Gasteiger partial charge in [-0.1, -0.05) is 12.1 Å². The van der Waals surface area contributed by atoms with Gasteiger partial charge in [-0.25, -0.2) is 4.98 Å². The molecular formula is C14H17N3O2. The maximum Gasteiger partial charge on any atom is 0.225 e. The van der Waals surface area contributed by atoms with Crippen molar-refractivity contribution in [1.29, 1.82) is 0 Å². The van der Waals surface area contributed by atoms with Crippen LogP contribution in [0.4, 0.5) is 5.69 Å². The van der Waals surface area contributed by atoms with Gasteiger partial charge in [0.15, 0.2) is 0 Å². The van der Waals surface area contributed by atoms with Crippen molar-refractivity contribution in [3.05, 3.63) is 47.7 Å². The lowest BCUT2D eigenvalue weighted by Crippen LogP contribution is -2.28. The zero-order valence-corrected chi connectivity index (χ0v) is 11.0. The van der Waals surface area contributed by atoms with Gasteiger partial charge in [-0.3, -0.25) is 4.79 Å². The lowest BCUT2D eigenvalue weighted by molar-refractivity contribution is -0.121. The first-order valence-electron chi connectivity index (χ1n) is 6.10. The standard InChI is InChI=1S/C14H17N3O2/c1-9-8-16-14(19-9)10(2)17-13(18)7-11-3-5-12(15)6-4-11/h3-6,8,10H,7,15H2,1-2H3,(H,17,18). The Hall–Kier alpha value is -2.30. The molecule has 0 fully saturated rings. The molecule has 0 aliphatic rings. The largest absolute Gasteiger partial charge is 0.444 e. The molecule has 1 heterocycles. The van der Waals surface area contributed by atoms with E-state index in [-0.39, 0.29) is 11.9 Å². The Kier molecular flexibility index (Phi) is 3.85. The van der Waals surface area contributed by atoms with Crippen molar-refractivity contribution >= 4 is 11.6 Å². The van der Waals surface area contributed by atoms with Crippen LogP contribution in [0.1, 0.15) is 30.2 Å². The van der Waals surface area contributed by atoms with Crippen LogP contribution in [-0.4, -0.2) is 10.9 Å². The van der Waals surface area contributed by atoms with Crippen molar-refractivity contribution in [1.82, 2.24) is 10.3 Å². The lowest BCUT2D eigenvalue weighted by Gasteiger charge is -2.10. The van der Waals surface area contributed by atoms with Crippen LogP contribution in [0.2, 0.25) is 0 Å². The summed E-state index contributed by atoms with van der Waals surface area (Å²) in [5, 5.41) is 2.85. The van der Waals surface area contributed by atoms with E-state index in [9.17, 15) is 4.79 Å². The Morgan fingerprint density at radius 3 is 2.68 bits per heavy atom. The number of benzene rings is 1. The number of hydrogen-bond acceptors (Lipinski definition) is 4.